The van der Waals surface area contributed by atoms with Crippen molar-refractivity contribution in [3.63, 3.8) is 0 Å². The molecule has 1 saturated heterocycles. The van der Waals surface area contributed by atoms with Crippen LogP contribution in [0.5, 0.6) is 0 Å². The summed E-state index contributed by atoms with van der Waals surface area (Å²) in [6.45, 7) is 0.535. The number of H-pyrrole nitrogens is 1. The topological polar surface area (TPSA) is 74.8 Å². The second-order valence-electron chi connectivity index (χ2n) is 6.15. The standard InChI is InChI=1S/C18H15ClFN5O/c19-14-2-1-11(10-15(14)20)9-13-5-8-25(17(13)26)18-22-16(23-24-18)12-3-6-21-7-4-12/h1-4,6-7,10,13H,5,8-9H2,(H,22,23,24). The maximum Gasteiger partial charge on any atom is 0.251 e. The molecule has 26 heavy (non-hydrogen) atoms. The van der Waals surface area contributed by atoms with Gasteiger partial charge in [0.2, 0.25) is 5.91 Å². The molecule has 0 saturated carbocycles. The Morgan fingerprint density at radius 3 is 2.85 bits per heavy atom. The summed E-state index contributed by atoms with van der Waals surface area (Å²) in [6.07, 6.45) is 4.47. The molecule has 8 heteroatoms. The Bertz CT molecular complexity index is 946. The Balaban J connectivity index is 1.49. The van der Waals surface area contributed by atoms with E-state index in [2.05, 4.69) is 20.2 Å². The van der Waals surface area contributed by atoms with Gasteiger partial charge < -0.3 is 0 Å². The number of rotatable bonds is 4. The second kappa shape index (κ2) is 6.84. The molecule has 1 fully saturated rings. The summed E-state index contributed by atoms with van der Waals surface area (Å²) in [4.78, 5) is 22.7. The number of aromatic amines is 1. The molecule has 132 valence electrons. The Hall–Kier alpha value is -2.80. The lowest BCUT2D eigenvalue weighted by Gasteiger charge is -2.12. The highest BCUT2D eigenvalue weighted by molar-refractivity contribution is 6.30. The monoisotopic (exact) mass is 371 g/mol. The number of amides is 1. The maximum atomic E-state index is 13.6. The van der Waals surface area contributed by atoms with Crippen LogP contribution < -0.4 is 4.90 Å². The molecule has 0 radical (unpaired) electrons. The van der Waals surface area contributed by atoms with Crippen LogP contribution in [0, 0.1) is 11.7 Å². The van der Waals surface area contributed by atoms with Crippen molar-refractivity contribution in [2.75, 3.05) is 11.4 Å². The van der Waals surface area contributed by atoms with Gasteiger partial charge in [-0.1, -0.05) is 17.7 Å². The largest absolute Gasteiger partial charge is 0.279 e. The van der Waals surface area contributed by atoms with Gasteiger partial charge in [0, 0.05) is 30.4 Å². The number of hydrogen-bond acceptors (Lipinski definition) is 4. The quantitative estimate of drug-likeness (QED) is 0.763. The van der Waals surface area contributed by atoms with Crippen molar-refractivity contribution in [3.8, 4) is 11.4 Å². The molecule has 1 N–H and O–H groups in total. The van der Waals surface area contributed by atoms with Crippen LogP contribution in [0.2, 0.25) is 5.02 Å². The third-order valence-corrected chi connectivity index (χ3v) is 4.76. The smallest absolute Gasteiger partial charge is 0.251 e. The number of halogens is 2. The fourth-order valence-electron chi connectivity index (χ4n) is 3.09. The highest BCUT2D eigenvalue weighted by Crippen LogP contribution is 2.27. The summed E-state index contributed by atoms with van der Waals surface area (Å²) in [6, 6.07) is 8.27. The Morgan fingerprint density at radius 2 is 2.08 bits per heavy atom. The number of aromatic nitrogens is 4. The van der Waals surface area contributed by atoms with Crippen LogP contribution >= 0.6 is 11.6 Å². The van der Waals surface area contributed by atoms with E-state index in [4.69, 9.17) is 11.6 Å². The Labute approximate surface area is 154 Å². The average Bonchev–Trinajstić information content (AvgIpc) is 3.27. The Morgan fingerprint density at radius 1 is 1.27 bits per heavy atom. The van der Waals surface area contributed by atoms with Crippen LogP contribution in [-0.4, -0.2) is 32.6 Å². The van der Waals surface area contributed by atoms with Crippen LogP contribution in [-0.2, 0) is 11.2 Å². The van der Waals surface area contributed by atoms with Gasteiger partial charge in [0.15, 0.2) is 5.82 Å². The van der Waals surface area contributed by atoms with Crippen molar-refractivity contribution in [1.29, 1.82) is 0 Å². The van der Waals surface area contributed by atoms with E-state index >= 15 is 0 Å². The third kappa shape index (κ3) is 3.17. The van der Waals surface area contributed by atoms with Gasteiger partial charge in [-0.25, -0.2) is 4.39 Å². The van der Waals surface area contributed by atoms with E-state index in [9.17, 15) is 9.18 Å². The minimum atomic E-state index is -0.470. The number of pyridine rings is 1. The van der Waals surface area contributed by atoms with Crippen molar-refractivity contribution >= 4 is 23.5 Å². The molecule has 6 nitrogen and oxygen atoms in total. The molecule has 1 aliphatic heterocycles. The van der Waals surface area contributed by atoms with Crippen molar-refractivity contribution in [3.05, 3.63) is 59.1 Å². The van der Waals surface area contributed by atoms with Crippen LogP contribution in [0.3, 0.4) is 0 Å². The molecule has 1 amide bonds. The number of nitrogens with zero attached hydrogens (tertiary/aromatic N) is 4. The van der Waals surface area contributed by atoms with Gasteiger partial charge in [0.25, 0.3) is 5.95 Å². The van der Waals surface area contributed by atoms with Crippen LogP contribution in [0.25, 0.3) is 11.4 Å². The Kier molecular flexibility index (Phi) is 4.38. The molecule has 2 aromatic heterocycles. The number of carbonyl (C=O) groups excluding carboxylic acids is 1. The average molecular weight is 372 g/mol. The minimum Gasteiger partial charge on any atom is -0.279 e. The van der Waals surface area contributed by atoms with Crippen LogP contribution in [0.1, 0.15) is 12.0 Å². The lowest BCUT2D eigenvalue weighted by Crippen LogP contribution is -2.28. The molecule has 0 aliphatic carbocycles. The van der Waals surface area contributed by atoms with Crippen LogP contribution in [0.15, 0.2) is 42.7 Å². The first-order valence-electron chi connectivity index (χ1n) is 8.20. The first-order valence-corrected chi connectivity index (χ1v) is 8.58. The zero-order valence-corrected chi connectivity index (χ0v) is 14.4. The molecular formula is C18H15ClFN5O. The van der Waals surface area contributed by atoms with Gasteiger partial charge in [0.05, 0.1) is 5.02 Å². The van der Waals surface area contributed by atoms with Crippen LogP contribution in [0.4, 0.5) is 10.3 Å². The summed E-state index contributed by atoms with van der Waals surface area (Å²) < 4.78 is 13.6. The molecule has 1 unspecified atom stereocenters. The number of benzene rings is 1. The van der Waals surface area contributed by atoms with E-state index in [1.165, 1.54) is 12.1 Å². The molecule has 1 aliphatic rings. The van der Waals surface area contributed by atoms with Gasteiger partial charge in [-0.05, 0) is 42.7 Å². The van der Waals surface area contributed by atoms with E-state index in [1.807, 2.05) is 12.1 Å². The van der Waals surface area contributed by atoms with Crippen molar-refractivity contribution in [2.45, 2.75) is 12.8 Å². The van der Waals surface area contributed by atoms with Gasteiger partial charge in [-0.15, -0.1) is 5.10 Å². The molecule has 0 spiro atoms. The maximum absolute atomic E-state index is 13.6. The van der Waals surface area contributed by atoms with E-state index in [-0.39, 0.29) is 16.8 Å². The summed E-state index contributed by atoms with van der Waals surface area (Å²) in [5, 5.41) is 7.10. The number of carbonyl (C=O) groups is 1. The zero-order valence-electron chi connectivity index (χ0n) is 13.7. The highest BCUT2D eigenvalue weighted by Gasteiger charge is 2.34. The first-order chi connectivity index (χ1) is 12.6. The lowest BCUT2D eigenvalue weighted by molar-refractivity contribution is -0.120. The molecule has 4 rings (SSSR count). The molecule has 3 aromatic rings. The molecule has 1 atom stereocenters. The minimum absolute atomic E-state index is 0.0550. The molecule has 3 heterocycles. The van der Waals surface area contributed by atoms with Gasteiger partial charge >= 0.3 is 0 Å². The molecular weight excluding hydrogens is 357 g/mol. The van der Waals surface area contributed by atoms with E-state index < -0.39 is 5.82 Å². The normalized spacial score (nSPS) is 17.1. The molecule has 0 bridgehead atoms. The van der Waals surface area contributed by atoms with Gasteiger partial charge in [0.1, 0.15) is 5.82 Å². The first kappa shape index (κ1) is 16.7. The third-order valence-electron chi connectivity index (χ3n) is 4.45. The van der Waals surface area contributed by atoms with Crippen molar-refractivity contribution in [2.24, 2.45) is 5.92 Å². The fourth-order valence-corrected chi connectivity index (χ4v) is 3.21. The number of hydrogen-bond donors (Lipinski definition) is 1. The summed E-state index contributed by atoms with van der Waals surface area (Å²) in [7, 11) is 0. The van der Waals surface area contributed by atoms with E-state index in [0.717, 1.165) is 11.1 Å². The summed E-state index contributed by atoms with van der Waals surface area (Å²) >= 11 is 5.71. The lowest BCUT2D eigenvalue weighted by atomic mass is 9.98. The molecule has 1 aromatic carbocycles. The number of nitrogens with one attached hydrogen (secondary N) is 1. The second-order valence-corrected chi connectivity index (χ2v) is 6.56. The fraction of sp³-hybridized carbons (Fsp3) is 0.222. The van der Waals surface area contributed by atoms with E-state index in [0.29, 0.717) is 31.2 Å². The van der Waals surface area contributed by atoms with E-state index in [1.54, 1.807) is 23.4 Å². The zero-order chi connectivity index (χ0) is 18.1. The summed E-state index contributed by atoms with van der Waals surface area (Å²) in [5.41, 5.74) is 1.60. The summed E-state index contributed by atoms with van der Waals surface area (Å²) in [5.74, 6) is 0.187. The van der Waals surface area contributed by atoms with Gasteiger partial charge in [-0.2, -0.15) is 4.98 Å². The van der Waals surface area contributed by atoms with Gasteiger partial charge in [-0.3, -0.25) is 19.8 Å². The highest BCUT2D eigenvalue weighted by atomic mass is 35.5. The predicted molar refractivity (Wildman–Crippen MR) is 95.2 cm³/mol. The number of anilines is 1. The van der Waals surface area contributed by atoms with Crippen molar-refractivity contribution < 1.29 is 9.18 Å². The SMILES string of the molecule is O=C1C(Cc2ccc(Cl)c(F)c2)CCN1c1n[nH]c(-c2ccncc2)n1. The van der Waals surface area contributed by atoms with Crippen molar-refractivity contribution in [1.82, 2.24) is 20.2 Å². The predicted octanol–water partition coefficient (Wildman–Crippen LogP) is 3.25.